The summed E-state index contributed by atoms with van der Waals surface area (Å²) in [7, 11) is 0. The van der Waals surface area contributed by atoms with Crippen molar-refractivity contribution in [2.45, 2.75) is 44.3 Å². The minimum Gasteiger partial charge on any atom is -0.481 e. The molecule has 1 fully saturated rings. The summed E-state index contributed by atoms with van der Waals surface area (Å²) in [6.07, 6.45) is 4.54. The van der Waals surface area contributed by atoms with Gasteiger partial charge in [0.2, 0.25) is 0 Å². The highest BCUT2D eigenvalue weighted by atomic mass is 32.2. The summed E-state index contributed by atoms with van der Waals surface area (Å²) >= 11 is 1.30. The lowest BCUT2D eigenvalue weighted by atomic mass is 9.99. The zero-order valence-electron chi connectivity index (χ0n) is 10.4. The Labute approximate surface area is 105 Å². The summed E-state index contributed by atoms with van der Waals surface area (Å²) in [5, 5.41) is 9.56. The highest BCUT2D eigenvalue weighted by Crippen LogP contribution is 2.45. The van der Waals surface area contributed by atoms with Gasteiger partial charge in [-0.2, -0.15) is 0 Å². The number of rotatable bonds is 5. The van der Waals surface area contributed by atoms with Gasteiger partial charge < -0.3 is 9.67 Å². The first-order valence-corrected chi connectivity index (χ1v) is 6.81. The van der Waals surface area contributed by atoms with Gasteiger partial charge in [-0.15, -0.1) is 0 Å². The summed E-state index contributed by atoms with van der Waals surface area (Å²) in [5.41, 5.74) is 0.994. The van der Waals surface area contributed by atoms with E-state index in [-0.39, 0.29) is 11.3 Å². The number of carboxylic acid groups (broad SMARTS) is 1. The lowest BCUT2D eigenvalue weighted by Gasteiger charge is -2.28. The molecule has 0 radical (unpaired) electrons. The third kappa shape index (κ3) is 2.65. The van der Waals surface area contributed by atoms with E-state index in [9.17, 15) is 4.79 Å². The fraction of sp³-hybridized carbons (Fsp3) is 0.667. The Kier molecular flexibility index (Phi) is 3.21. The first kappa shape index (κ1) is 12.5. The number of aromatic nitrogens is 2. The Morgan fingerprint density at radius 3 is 2.82 bits per heavy atom. The first-order chi connectivity index (χ1) is 7.91. The van der Waals surface area contributed by atoms with Gasteiger partial charge in [0.25, 0.3) is 0 Å². The van der Waals surface area contributed by atoms with Crippen LogP contribution in [0.4, 0.5) is 0 Å². The van der Waals surface area contributed by atoms with Gasteiger partial charge in [-0.3, -0.25) is 4.79 Å². The van der Waals surface area contributed by atoms with Gasteiger partial charge >= 0.3 is 5.97 Å². The van der Waals surface area contributed by atoms with Crippen molar-refractivity contribution >= 4 is 17.7 Å². The molecule has 1 heterocycles. The molecule has 0 saturated heterocycles. The van der Waals surface area contributed by atoms with Crippen molar-refractivity contribution in [3.05, 3.63) is 11.9 Å². The van der Waals surface area contributed by atoms with Gasteiger partial charge in [0.05, 0.1) is 11.4 Å². The zero-order chi connectivity index (χ0) is 12.6. The van der Waals surface area contributed by atoms with Crippen LogP contribution < -0.4 is 0 Å². The topological polar surface area (TPSA) is 55.1 Å². The minimum absolute atomic E-state index is 0.0437. The van der Waals surface area contributed by atoms with Gasteiger partial charge in [0.1, 0.15) is 0 Å². The minimum atomic E-state index is -0.800. The van der Waals surface area contributed by atoms with Crippen LogP contribution in [-0.2, 0) is 10.3 Å². The molecule has 1 aromatic rings. The molecule has 1 saturated carbocycles. The van der Waals surface area contributed by atoms with Crippen LogP contribution in [0.15, 0.2) is 11.4 Å². The molecule has 94 valence electrons. The van der Waals surface area contributed by atoms with E-state index in [1.165, 1.54) is 24.6 Å². The first-order valence-electron chi connectivity index (χ1n) is 5.82. The molecule has 17 heavy (non-hydrogen) atoms. The Hall–Kier alpha value is -0.970. The number of carbonyl (C=O) groups is 1. The van der Waals surface area contributed by atoms with Crippen molar-refractivity contribution in [1.82, 2.24) is 9.55 Å². The fourth-order valence-electron chi connectivity index (χ4n) is 2.10. The second kappa shape index (κ2) is 4.37. The maximum absolute atomic E-state index is 10.6. The van der Waals surface area contributed by atoms with Crippen LogP contribution in [0.2, 0.25) is 0 Å². The summed E-state index contributed by atoms with van der Waals surface area (Å²) in [4.78, 5) is 15.1. The Morgan fingerprint density at radius 1 is 1.65 bits per heavy atom. The van der Waals surface area contributed by atoms with E-state index in [1.54, 1.807) is 0 Å². The second-order valence-electron chi connectivity index (χ2n) is 5.15. The molecular formula is C12H18N2O2S. The van der Waals surface area contributed by atoms with E-state index in [0.717, 1.165) is 10.9 Å². The lowest BCUT2D eigenvalue weighted by Crippen LogP contribution is -2.28. The molecule has 5 heteroatoms. The molecule has 0 bridgehead atoms. The molecule has 1 aliphatic rings. The number of carboxylic acids is 1. The van der Waals surface area contributed by atoms with Crippen LogP contribution in [0.25, 0.3) is 0 Å². The highest BCUT2D eigenvalue weighted by Gasteiger charge is 2.40. The third-order valence-electron chi connectivity index (χ3n) is 3.32. The van der Waals surface area contributed by atoms with Crippen LogP contribution in [0, 0.1) is 12.8 Å². The Balaban J connectivity index is 2.23. The number of hydrogen-bond donors (Lipinski definition) is 1. The molecule has 0 spiro atoms. The van der Waals surface area contributed by atoms with Crippen LogP contribution in [0.1, 0.15) is 32.4 Å². The monoisotopic (exact) mass is 254 g/mol. The van der Waals surface area contributed by atoms with Crippen LogP contribution in [-0.4, -0.2) is 26.4 Å². The summed E-state index contributed by atoms with van der Waals surface area (Å²) in [6, 6.07) is 0. The van der Waals surface area contributed by atoms with Crippen molar-refractivity contribution in [1.29, 1.82) is 0 Å². The molecule has 1 aliphatic carbocycles. The normalized spacial score (nSPS) is 16.2. The van der Waals surface area contributed by atoms with Crippen molar-refractivity contribution in [3.8, 4) is 0 Å². The van der Waals surface area contributed by atoms with Gasteiger partial charge in [-0.05, 0) is 39.5 Å². The smallest absolute Gasteiger partial charge is 0.313 e. The molecule has 0 atom stereocenters. The van der Waals surface area contributed by atoms with Crippen molar-refractivity contribution in [2.75, 3.05) is 5.75 Å². The van der Waals surface area contributed by atoms with Crippen molar-refractivity contribution in [3.63, 3.8) is 0 Å². The average molecular weight is 254 g/mol. The molecule has 0 aliphatic heterocycles. The second-order valence-corrected chi connectivity index (χ2v) is 6.09. The maximum atomic E-state index is 10.6. The van der Waals surface area contributed by atoms with Crippen LogP contribution in [0.3, 0.4) is 0 Å². The number of aliphatic carboxylic acids is 1. The number of thioether (sulfide) groups is 1. The molecule has 1 aromatic heterocycles. The molecule has 0 amide bonds. The van der Waals surface area contributed by atoms with E-state index in [2.05, 4.69) is 23.4 Å². The predicted molar refractivity (Wildman–Crippen MR) is 67.4 cm³/mol. The summed E-state index contributed by atoms with van der Waals surface area (Å²) < 4.78 is 2.15. The van der Waals surface area contributed by atoms with E-state index in [4.69, 9.17) is 5.11 Å². The van der Waals surface area contributed by atoms with Gasteiger partial charge in [-0.1, -0.05) is 11.8 Å². The van der Waals surface area contributed by atoms with E-state index >= 15 is 0 Å². The zero-order valence-corrected chi connectivity index (χ0v) is 11.3. The SMILES string of the molecule is Cc1cn(C(C)(C)C2CC2)c(SCC(=O)O)n1. The highest BCUT2D eigenvalue weighted by molar-refractivity contribution is 7.99. The number of nitrogens with zero attached hydrogens (tertiary/aromatic N) is 2. The molecule has 0 unspecified atom stereocenters. The van der Waals surface area contributed by atoms with E-state index in [0.29, 0.717) is 5.92 Å². The van der Waals surface area contributed by atoms with E-state index in [1.807, 2.05) is 13.1 Å². The largest absolute Gasteiger partial charge is 0.481 e. The van der Waals surface area contributed by atoms with Gasteiger partial charge in [0.15, 0.2) is 5.16 Å². The third-order valence-corrected chi connectivity index (χ3v) is 4.25. The molecular weight excluding hydrogens is 236 g/mol. The molecule has 4 nitrogen and oxygen atoms in total. The maximum Gasteiger partial charge on any atom is 0.313 e. The molecule has 2 rings (SSSR count). The number of imidazole rings is 1. The lowest BCUT2D eigenvalue weighted by molar-refractivity contribution is -0.133. The fourth-order valence-corrected chi connectivity index (χ4v) is 2.99. The Bertz CT molecular complexity index is 436. The Morgan fingerprint density at radius 2 is 2.29 bits per heavy atom. The van der Waals surface area contributed by atoms with Gasteiger partial charge in [-0.25, -0.2) is 4.98 Å². The number of hydrogen-bond acceptors (Lipinski definition) is 3. The molecule has 1 N–H and O–H groups in total. The summed E-state index contributed by atoms with van der Waals surface area (Å²) in [6.45, 7) is 6.36. The standard InChI is InChI=1S/C12H18N2O2S/c1-8-6-14(12(2,3)9-4-5-9)11(13-8)17-7-10(15)16/h6,9H,4-5,7H2,1-3H3,(H,15,16). The number of aryl methyl sites for hydroxylation is 1. The predicted octanol–water partition coefficient (Wildman–Crippen LogP) is 2.51. The van der Waals surface area contributed by atoms with Crippen LogP contribution in [0.5, 0.6) is 0 Å². The summed E-state index contributed by atoms with van der Waals surface area (Å²) in [5.74, 6) is -0.0382. The average Bonchev–Trinajstić information content (AvgIpc) is 3.00. The molecule has 0 aromatic carbocycles. The van der Waals surface area contributed by atoms with Crippen molar-refractivity contribution < 1.29 is 9.90 Å². The quantitative estimate of drug-likeness (QED) is 0.820. The van der Waals surface area contributed by atoms with Gasteiger partial charge in [0, 0.05) is 11.7 Å². The van der Waals surface area contributed by atoms with Crippen molar-refractivity contribution in [2.24, 2.45) is 5.92 Å². The van der Waals surface area contributed by atoms with E-state index < -0.39 is 5.97 Å². The van der Waals surface area contributed by atoms with Crippen LogP contribution >= 0.6 is 11.8 Å².